The van der Waals surface area contributed by atoms with Gasteiger partial charge in [0.15, 0.2) is 0 Å². The van der Waals surface area contributed by atoms with Gasteiger partial charge in [-0.1, -0.05) is 35.9 Å². The third-order valence-electron chi connectivity index (χ3n) is 3.80. The van der Waals surface area contributed by atoms with E-state index in [9.17, 15) is 4.79 Å². The number of carbonyl (C=O) groups is 1. The molecule has 0 spiro atoms. The minimum atomic E-state index is -0.913. The molecule has 0 aliphatic rings. The van der Waals surface area contributed by atoms with E-state index in [1.54, 1.807) is 12.1 Å². The number of hydrogen-bond acceptors (Lipinski definition) is 3. The number of para-hydroxylation sites is 1. The molecule has 4 nitrogen and oxygen atoms in total. The number of rotatable bonds is 5. The molecule has 2 N–H and O–H groups in total. The number of carboxylic acid groups (broad SMARTS) is 1. The second-order valence-electron chi connectivity index (χ2n) is 5.81. The summed E-state index contributed by atoms with van der Waals surface area (Å²) >= 11 is 3.51. The number of benzene rings is 2. The van der Waals surface area contributed by atoms with Crippen LogP contribution in [0.4, 0.5) is 5.69 Å². The van der Waals surface area contributed by atoms with Gasteiger partial charge >= 0.3 is 5.97 Å². The van der Waals surface area contributed by atoms with Crippen molar-refractivity contribution in [3.63, 3.8) is 0 Å². The highest BCUT2D eigenvalue weighted by Crippen LogP contribution is 2.24. The van der Waals surface area contributed by atoms with Gasteiger partial charge in [-0.2, -0.15) is 0 Å². The van der Waals surface area contributed by atoms with E-state index in [-0.39, 0.29) is 0 Å². The van der Waals surface area contributed by atoms with Gasteiger partial charge in [0.2, 0.25) is 0 Å². The zero-order chi connectivity index (χ0) is 17.8. The first-order valence-electron chi connectivity index (χ1n) is 7.81. The Labute approximate surface area is 154 Å². The van der Waals surface area contributed by atoms with Gasteiger partial charge in [0, 0.05) is 16.4 Å². The molecule has 0 unspecified atom stereocenters. The van der Waals surface area contributed by atoms with Crippen LogP contribution in [-0.2, 0) is 0 Å². The van der Waals surface area contributed by atoms with Gasteiger partial charge in [-0.05, 0) is 52.7 Å². The maximum absolute atomic E-state index is 10.9. The Kier molecular flexibility index (Phi) is 5.14. The van der Waals surface area contributed by atoms with Crippen molar-refractivity contribution in [2.24, 2.45) is 0 Å². The molecular formula is C20H17BrN2O2. The lowest BCUT2D eigenvalue weighted by Gasteiger charge is -2.08. The molecule has 0 atom stereocenters. The summed E-state index contributed by atoms with van der Waals surface area (Å²) in [4.78, 5) is 15.4. The number of halogens is 1. The van der Waals surface area contributed by atoms with Crippen LogP contribution in [0.15, 0.2) is 64.8 Å². The number of hydrogen-bond donors (Lipinski definition) is 2. The maximum atomic E-state index is 10.9. The smallest absolute Gasteiger partial charge is 0.335 e. The first-order valence-corrected chi connectivity index (χ1v) is 8.61. The van der Waals surface area contributed by atoms with Crippen LogP contribution in [0.2, 0.25) is 0 Å². The molecule has 0 aliphatic heterocycles. The molecule has 1 aromatic heterocycles. The predicted octanol–water partition coefficient (Wildman–Crippen LogP) is 5.21. The Bertz CT molecular complexity index is 950. The first kappa shape index (κ1) is 17.2. The fourth-order valence-corrected chi connectivity index (χ4v) is 3.00. The quantitative estimate of drug-likeness (QED) is 0.621. The van der Waals surface area contributed by atoms with Crippen molar-refractivity contribution in [2.45, 2.75) is 6.92 Å². The number of fused-ring (bicyclic) bond motifs is 1. The highest BCUT2D eigenvalue weighted by Gasteiger charge is 2.02. The molecule has 0 fully saturated rings. The molecule has 25 heavy (non-hydrogen) atoms. The van der Waals surface area contributed by atoms with E-state index in [1.807, 2.05) is 49.5 Å². The molecule has 0 saturated carbocycles. The lowest BCUT2D eigenvalue weighted by atomic mass is 10.1. The highest BCUT2D eigenvalue weighted by atomic mass is 79.9. The van der Waals surface area contributed by atoms with E-state index in [1.165, 1.54) is 0 Å². The van der Waals surface area contributed by atoms with Crippen molar-refractivity contribution in [3.8, 4) is 0 Å². The summed E-state index contributed by atoms with van der Waals surface area (Å²) in [5, 5.41) is 13.4. The minimum absolute atomic E-state index is 0.293. The Morgan fingerprint density at radius 2 is 2.00 bits per heavy atom. The van der Waals surface area contributed by atoms with Gasteiger partial charge in [0.25, 0.3) is 0 Å². The van der Waals surface area contributed by atoms with Crippen LogP contribution in [0.1, 0.15) is 22.8 Å². The summed E-state index contributed by atoms with van der Waals surface area (Å²) in [7, 11) is 0. The summed E-state index contributed by atoms with van der Waals surface area (Å²) in [5.41, 5.74) is 4.31. The molecule has 2 aromatic carbocycles. The maximum Gasteiger partial charge on any atom is 0.335 e. The minimum Gasteiger partial charge on any atom is -0.478 e. The lowest BCUT2D eigenvalue weighted by molar-refractivity contribution is 0.0697. The monoisotopic (exact) mass is 396 g/mol. The average Bonchev–Trinajstić information content (AvgIpc) is 2.60. The van der Waals surface area contributed by atoms with Gasteiger partial charge in [0.05, 0.1) is 23.0 Å². The van der Waals surface area contributed by atoms with Crippen molar-refractivity contribution in [2.75, 3.05) is 11.9 Å². The van der Waals surface area contributed by atoms with Crippen LogP contribution in [0.5, 0.6) is 0 Å². The summed E-state index contributed by atoms with van der Waals surface area (Å²) < 4.78 is 0.984. The zero-order valence-corrected chi connectivity index (χ0v) is 15.2. The SMILES string of the molecule is CC(=Cc1ccc(C(=O)O)cc1)CNc1cnc2c(Br)cccc2c1. The Morgan fingerprint density at radius 3 is 2.72 bits per heavy atom. The fraction of sp³-hybridized carbons (Fsp3) is 0.100. The predicted molar refractivity (Wildman–Crippen MR) is 105 cm³/mol. The molecule has 0 aliphatic carbocycles. The van der Waals surface area contributed by atoms with Crippen LogP contribution in [-0.4, -0.2) is 22.6 Å². The van der Waals surface area contributed by atoms with E-state index in [2.05, 4.69) is 32.3 Å². The number of aromatic nitrogens is 1. The summed E-state index contributed by atoms with van der Waals surface area (Å²) in [6, 6.07) is 14.9. The normalized spacial score (nSPS) is 11.5. The van der Waals surface area contributed by atoms with Gasteiger partial charge in [-0.25, -0.2) is 4.79 Å². The molecule has 1 heterocycles. The molecule has 5 heteroatoms. The molecule has 3 rings (SSSR count). The van der Waals surface area contributed by atoms with Crippen LogP contribution in [0, 0.1) is 0 Å². The fourth-order valence-electron chi connectivity index (χ4n) is 2.52. The number of aromatic carboxylic acids is 1. The lowest BCUT2D eigenvalue weighted by Crippen LogP contribution is -2.03. The van der Waals surface area contributed by atoms with Crippen LogP contribution < -0.4 is 5.32 Å². The van der Waals surface area contributed by atoms with Crippen molar-refractivity contribution < 1.29 is 9.90 Å². The third kappa shape index (κ3) is 4.25. The summed E-state index contributed by atoms with van der Waals surface area (Å²) in [6.45, 7) is 2.71. The summed E-state index contributed by atoms with van der Waals surface area (Å²) in [5.74, 6) is -0.913. The molecule has 0 radical (unpaired) electrons. The highest BCUT2D eigenvalue weighted by molar-refractivity contribution is 9.10. The average molecular weight is 397 g/mol. The number of nitrogens with one attached hydrogen (secondary N) is 1. The van der Waals surface area contributed by atoms with Gasteiger partial charge in [0.1, 0.15) is 0 Å². The molecule has 0 amide bonds. The van der Waals surface area contributed by atoms with E-state index < -0.39 is 5.97 Å². The second kappa shape index (κ2) is 7.49. The van der Waals surface area contributed by atoms with E-state index >= 15 is 0 Å². The number of nitrogens with zero attached hydrogens (tertiary/aromatic N) is 1. The van der Waals surface area contributed by atoms with Crippen LogP contribution >= 0.6 is 15.9 Å². The first-order chi connectivity index (χ1) is 12.0. The molecule has 126 valence electrons. The van der Waals surface area contributed by atoms with Crippen molar-refractivity contribution in [3.05, 3.63) is 75.9 Å². The van der Waals surface area contributed by atoms with E-state index in [0.29, 0.717) is 12.1 Å². The van der Waals surface area contributed by atoms with Gasteiger partial charge in [-0.15, -0.1) is 0 Å². The molecular weight excluding hydrogens is 380 g/mol. The zero-order valence-electron chi connectivity index (χ0n) is 13.7. The van der Waals surface area contributed by atoms with E-state index in [4.69, 9.17) is 5.11 Å². The van der Waals surface area contributed by atoms with E-state index in [0.717, 1.165) is 32.2 Å². The largest absolute Gasteiger partial charge is 0.478 e. The number of anilines is 1. The van der Waals surface area contributed by atoms with Gasteiger partial charge in [-0.3, -0.25) is 4.98 Å². The van der Waals surface area contributed by atoms with Crippen molar-refractivity contribution in [1.82, 2.24) is 4.98 Å². The third-order valence-corrected chi connectivity index (χ3v) is 4.44. The Morgan fingerprint density at radius 1 is 1.24 bits per heavy atom. The van der Waals surface area contributed by atoms with Crippen molar-refractivity contribution in [1.29, 1.82) is 0 Å². The number of carboxylic acids is 1. The molecule has 0 saturated heterocycles. The number of pyridine rings is 1. The molecule has 0 bridgehead atoms. The van der Waals surface area contributed by atoms with Crippen molar-refractivity contribution >= 4 is 44.6 Å². The Hall–Kier alpha value is -2.66. The van der Waals surface area contributed by atoms with Crippen LogP contribution in [0.3, 0.4) is 0 Å². The Balaban J connectivity index is 1.69. The van der Waals surface area contributed by atoms with Gasteiger partial charge < -0.3 is 10.4 Å². The standard InChI is InChI=1S/C20H17BrN2O2/c1-13(9-14-5-7-15(8-6-14)20(24)25)11-22-17-10-16-3-2-4-18(21)19(16)23-12-17/h2-10,12,22H,11H2,1H3,(H,24,25). The molecule has 3 aromatic rings. The topological polar surface area (TPSA) is 62.2 Å². The second-order valence-corrected chi connectivity index (χ2v) is 6.66. The summed E-state index contributed by atoms with van der Waals surface area (Å²) in [6.07, 6.45) is 3.85. The van der Waals surface area contributed by atoms with Crippen LogP contribution in [0.25, 0.3) is 17.0 Å².